The fourth-order valence-corrected chi connectivity index (χ4v) is 4.87. The van der Waals surface area contributed by atoms with Gasteiger partial charge in [0, 0.05) is 30.7 Å². The lowest BCUT2D eigenvalue weighted by atomic mass is 10.1. The minimum Gasteiger partial charge on any atom is -0.321 e. The summed E-state index contributed by atoms with van der Waals surface area (Å²) in [7, 11) is 0. The van der Waals surface area contributed by atoms with E-state index in [0.717, 1.165) is 53.3 Å². The van der Waals surface area contributed by atoms with Crippen molar-refractivity contribution in [1.82, 2.24) is 44.6 Å². The Morgan fingerprint density at radius 1 is 1.19 bits per heavy atom. The van der Waals surface area contributed by atoms with Gasteiger partial charge in [0.15, 0.2) is 17.3 Å². The van der Waals surface area contributed by atoms with Crippen LogP contribution < -0.4 is 0 Å². The fraction of sp³-hybridized carbons (Fsp3) is 0.259. The van der Waals surface area contributed by atoms with Crippen LogP contribution in [0.3, 0.4) is 0 Å². The molecule has 6 rings (SSSR count). The monoisotopic (exact) mass is 492 g/mol. The summed E-state index contributed by atoms with van der Waals surface area (Å²) < 4.78 is 1.92. The van der Waals surface area contributed by atoms with Gasteiger partial charge in [-0.25, -0.2) is 19.9 Å². The number of rotatable bonds is 7. The van der Waals surface area contributed by atoms with Crippen LogP contribution in [0.4, 0.5) is 5.82 Å². The molecule has 2 N–H and O–H groups in total. The van der Waals surface area contributed by atoms with E-state index < -0.39 is 0 Å². The number of pyridine rings is 2. The second-order valence-corrected chi connectivity index (χ2v) is 9.27. The molecule has 0 bridgehead atoms. The first kappa shape index (κ1) is 23.0. The minimum absolute atomic E-state index is 0.556. The number of fused-ring (bicyclic) bond motifs is 1. The summed E-state index contributed by atoms with van der Waals surface area (Å²) in [6.45, 7) is 10.8. The van der Waals surface area contributed by atoms with Gasteiger partial charge in [-0.15, -0.1) is 0 Å². The number of aromatic nitrogens is 8. The topological polar surface area (TPSA) is 117 Å². The smallest absolute Gasteiger partial charge is 0.162 e. The molecule has 1 aliphatic heterocycles. The van der Waals surface area contributed by atoms with Gasteiger partial charge < -0.3 is 9.55 Å². The molecule has 0 saturated carbocycles. The predicted octanol–water partition coefficient (Wildman–Crippen LogP) is 4.75. The van der Waals surface area contributed by atoms with E-state index in [-0.39, 0.29) is 0 Å². The molecule has 0 amide bonds. The maximum atomic E-state index is 4.96. The molecule has 0 unspecified atom stereocenters. The summed E-state index contributed by atoms with van der Waals surface area (Å²) in [5.74, 6) is 1.12. The van der Waals surface area contributed by atoms with Crippen LogP contribution in [0, 0.1) is 6.92 Å². The summed E-state index contributed by atoms with van der Waals surface area (Å²) in [5.41, 5.74) is 7.59. The molecule has 0 aromatic carbocycles. The number of likely N-dealkylation sites (tertiary alicyclic amines) is 1. The molecule has 0 radical (unpaired) electrons. The van der Waals surface area contributed by atoms with Gasteiger partial charge in [-0.3, -0.25) is 15.0 Å². The molecule has 1 fully saturated rings. The quantitative estimate of drug-likeness (QED) is 0.317. The Morgan fingerprint density at radius 3 is 2.81 bits per heavy atom. The SMILES string of the molecule is C=Nc1[nH]c(-c2n[nH]c3ccc(-c4cncc(CN5CCCC5)c4)nc23)nc1/C(=C\C)n1cnc(C)c1. The van der Waals surface area contributed by atoms with Crippen molar-refractivity contribution in [3.8, 4) is 22.8 Å². The predicted molar refractivity (Wildman–Crippen MR) is 144 cm³/mol. The van der Waals surface area contributed by atoms with Crippen LogP contribution in [0.2, 0.25) is 0 Å². The van der Waals surface area contributed by atoms with E-state index in [9.17, 15) is 0 Å². The van der Waals surface area contributed by atoms with Gasteiger partial charge in [-0.2, -0.15) is 5.10 Å². The Hall–Kier alpha value is -4.44. The highest BCUT2D eigenvalue weighted by atomic mass is 15.2. The first-order valence-electron chi connectivity index (χ1n) is 12.4. The zero-order valence-corrected chi connectivity index (χ0v) is 20.9. The molecule has 6 heterocycles. The molecule has 1 saturated heterocycles. The Balaban J connectivity index is 1.37. The van der Waals surface area contributed by atoms with Gasteiger partial charge in [0.25, 0.3) is 0 Å². The molecule has 0 aliphatic carbocycles. The summed E-state index contributed by atoms with van der Waals surface area (Å²) in [4.78, 5) is 28.6. The lowest BCUT2D eigenvalue weighted by Gasteiger charge is -2.14. The van der Waals surface area contributed by atoms with Crippen LogP contribution in [-0.2, 0) is 6.54 Å². The zero-order chi connectivity index (χ0) is 25.4. The van der Waals surface area contributed by atoms with E-state index >= 15 is 0 Å². The molecule has 1 aliphatic rings. The average molecular weight is 493 g/mol. The summed E-state index contributed by atoms with van der Waals surface area (Å²) >= 11 is 0. The third kappa shape index (κ3) is 4.36. The molecule has 37 heavy (non-hydrogen) atoms. The van der Waals surface area contributed by atoms with Crippen molar-refractivity contribution in [2.45, 2.75) is 33.2 Å². The number of nitrogens with zero attached hydrogens (tertiary/aromatic N) is 8. The standard InChI is InChI=1S/C27H28N10/c1-4-22(37-14-17(2)30-16-37)24-26(28-3)33-27(32-24)25-23-21(34-35-25)8-7-20(31-23)19-11-18(12-29-13-19)15-36-9-5-6-10-36/h4,7-8,11-14,16H,3,5-6,9-10,15H2,1-2H3,(H,32,33)(H,34,35)/b22-4+. The van der Waals surface area contributed by atoms with Crippen LogP contribution in [0.15, 0.2) is 54.2 Å². The molecule has 0 atom stereocenters. The first-order chi connectivity index (χ1) is 18.1. The van der Waals surface area contributed by atoms with E-state index in [4.69, 9.17) is 9.97 Å². The number of hydrogen-bond donors (Lipinski definition) is 2. The number of nitrogens with one attached hydrogen (secondary N) is 2. The van der Waals surface area contributed by atoms with Crippen molar-refractivity contribution in [1.29, 1.82) is 0 Å². The second kappa shape index (κ2) is 9.55. The van der Waals surface area contributed by atoms with E-state index in [1.165, 1.54) is 18.4 Å². The van der Waals surface area contributed by atoms with E-state index in [1.807, 2.05) is 55.2 Å². The highest BCUT2D eigenvalue weighted by Gasteiger charge is 2.20. The molecule has 10 heteroatoms. The maximum Gasteiger partial charge on any atom is 0.162 e. The third-order valence-corrected chi connectivity index (χ3v) is 6.68. The highest BCUT2D eigenvalue weighted by Crippen LogP contribution is 2.32. The minimum atomic E-state index is 0.556. The molecule has 5 aromatic rings. The van der Waals surface area contributed by atoms with Crippen molar-refractivity contribution in [3.05, 3.63) is 66.1 Å². The van der Waals surface area contributed by atoms with Gasteiger partial charge in [-0.1, -0.05) is 6.08 Å². The lowest BCUT2D eigenvalue weighted by molar-refractivity contribution is 0.331. The van der Waals surface area contributed by atoms with Crippen molar-refractivity contribution >= 4 is 29.3 Å². The normalized spacial score (nSPS) is 14.6. The molecule has 10 nitrogen and oxygen atoms in total. The summed E-state index contributed by atoms with van der Waals surface area (Å²) in [6.07, 6.45) is 12.0. The van der Waals surface area contributed by atoms with Crippen LogP contribution in [0.25, 0.3) is 39.5 Å². The maximum absolute atomic E-state index is 4.96. The number of H-pyrrole nitrogens is 2. The van der Waals surface area contributed by atoms with E-state index in [2.05, 4.69) is 47.8 Å². The fourth-order valence-electron chi connectivity index (χ4n) is 4.87. The van der Waals surface area contributed by atoms with Gasteiger partial charge in [0.05, 0.1) is 28.9 Å². The number of imidazole rings is 2. The molecular weight excluding hydrogens is 464 g/mol. The van der Waals surface area contributed by atoms with Crippen molar-refractivity contribution in [2.75, 3.05) is 13.1 Å². The van der Waals surface area contributed by atoms with Crippen LogP contribution in [0.1, 0.15) is 36.7 Å². The Kier molecular flexibility index (Phi) is 5.93. The average Bonchev–Trinajstić information content (AvgIpc) is 3.72. The van der Waals surface area contributed by atoms with Gasteiger partial charge >= 0.3 is 0 Å². The Bertz CT molecular complexity index is 1610. The Labute approximate surface area is 214 Å². The van der Waals surface area contributed by atoms with E-state index in [1.54, 1.807) is 6.33 Å². The van der Waals surface area contributed by atoms with Crippen LogP contribution >= 0.6 is 0 Å². The van der Waals surface area contributed by atoms with Gasteiger partial charge in [-0.05, 0) is 70.3 Å². The molecule has 186 valence electrons. The molecule has 5 aromatic heterocycles. The van der Waals surface area contributed by atoms with E-state index in [0.29, 0.717) is 23.0 Å². The highest BCUT2D eigenvalue weighted by molar-refractivity contribution is 5.90. The van der Waals surface area contributed by atoms with Crippen molar-refractivity contribution in [2.24, 2.45) is 4.99 Å². The van der Waals surface area contributed by atoms with Crippen molar-refractivity contribution in [3.63, 3.8) is 0 Å². The summed E-state index contributed by atoms with van der Waals surface area (Å²) in [5, 5.41) is 7.61. The Morgan fingerprint density at radius 2 is 2.05 bits per heavy atom. The van der Waals surface area contributed by atoms with Gasteiger partial charge in [0.2, 0.25) is 0 Å². The molecule has 0 spiro atoms. The van der Waals surface area contributed by atoms with Gasteiger partial charge in [0.1, 0.15) is 11.2 Å². The number of allylic oxidation sites excluding steroid dienone is 1. The zero-order valence-electron chi connectivity index (χ0n) is 20.9. The number of aromatic amines is 2. The van der Waals surface area contributed by atoms with Crippen LogP contribution in [0.5, 0.6) is 0 Å². The third-order valence-electron chi connectivity index (χ3n) is 6.68. The number of aryl methyl sites for hydroxylation is 1. The van der Waals surface area contributed by atoms with Crippen molar-refractivity contribution < 1.29 is 0 Å². The first-order valence-corrected chi connectivity index (χ1v) is 12.4. The summed E-state index contributed by atoms with van der Waals surface area (Å²) in [6, 6.07) is 6.16. The van der Waals surface area contributed by atoms with Crippen LogP contribution in [-0.4, -0.2) is 64.4 Å². The lowest BCUT2D eigenvalue weighted by Crippen LogP contribution is -2.18. The molecular formula is C27H28N10. The second-order valence-electron chi connectivity index (χ2n) is 9.27. The number of aliphatic imine (C=N–C) groups is 1. The number of hydrogen-bond acceptors (Lipinski definition) is 7. The largest absolute Gasteiger partial charge is 0.321 e.